The standard InChI is InChI=1S/C21H24N2O2/c1-4-16-6-9-17(10-7-16)22-19(24)21(11-12-21)20(25)23-18-8-5-14(2)15(3)13-18/h5-10,13H,4,11-12H2,1-3H3,(H,22,24)(H,23,25). The number of carbonyl (C=O) groups excluding carboxylic acids is 2. The molecule has 2 N–H and O–H groups in total. The van der Waals surface area contributed by atoms with Gasteiger partial charge in [-0.15, -0.1) is 0 Å². The number of rotatable bonds is 5. The van der Waals surface area contributed by atoms with E-state index in [0.29, 0.717) is 12.8 Å². The third-order valence-corrected chi connectivity index (χ3v) is 5.00. The minimum atomic E-state index is -0.942. The number of hydrogen-bond donors (Lipinski definition) is 2. The van der Waals surface area contributed by atoms with Crippen LogP contribution < -0.4 is 10.6 Å². The Morgan fingerprint density at radius 1 is 0.880 bits per heavy atom. The van der Waals surface area contributed by atoms with Gasteiger partial charge in [0.25, 0.3) is 0 Å². The molecule has 4 heteroatoms. The zero-order chi connectivity index (χ0) is 18.0. The third kappa shape index (κ3) is 3.58. The first-order chi connectivity index (χ1) is 11.9. The first kappa shape index (κ1) is 17.2. The monoisotopic (exact) mass is 336 g/mol. The van der Waals surface area contributed by atoms with Crippen molar-refractivity contribution in [3.8, 4) is 0 Å². The lowest BCUT2D eigenvalue weighted by molar-refractivity contribution is -0.131. The molecule has 1 aliphatic carbocycles. The van der Waals surface area contributed by atoms with Gasteiger partial charge in [0.15, 0.2) is 0 Å². The molecule has 0 saturated heterocycles. The number of carbonyl (C=O) groups is 2. The summed E-state index contributed by atoms with van der Waals surface area (Å²) >= 11 is 0. The summed E-state index contributed by atoms with van der Waals surface area (Å²) in [4.78, 5) is 25.3. The van der Waals surface area contributed by atoms with E-state index in [1.165, 1.54) is 11.1 Å². The van der Waals surface area contributed by atoms with E-state index < -0.39 is 5.41 Å². The number of anilines is 2. The summed E-state index contributed by atoms with van der Waals surface area (Å²) in [5.41, 5.74) is 4.02. The van der Waals surface area contributed by atoms with Gasteiger partial charge in [0.2, 0.25) is 11.8 Å². The molecule has 1 fully saturated rings. The first-order valence-electron chi connectivity index (χ1n) is 8.74. The number of hydrogen-bond acceptors (Lipinski definition) is 2. The average Bonchev–Trinajstić information content (AvgIpc) is 3.41. The van der Waals surface area contributed by atoms with Crippen LogP contribution in [0, 0.1) is 19.3 Å². The van der Waals surface area contributed by atoms with E-state index in [-0.39, 0.29) is 11.8 Å². The molecule has 2 amide bonds. The lowest BCUT2D eigenvalue weighted by Gasteiger charge is -2.16. The first-order valence-corrected chi connectivity index (χ1v) is 8.74. The smallest absolute Gasteiger partial charge is 0.240 e. The van der Waals surface area contributed by atoms with E-state index in [2.05, 4.69) is 17.6 Å². The van der Waals surface area contributed by atoms with Gasteiger partial charge in [-0.2, -0.15) is 0 Å². The predicted octanol–water partition coefficient (Wildman–Crippen LogP) is 4.22. The Labute approximate surface area is 148 Å². The second-order valence-electron chi connectivity index (χ2n) is 6.84. The molecule has 0 radical (unpaired) electrons. The van der Waals surface area contributed by atoms with Gasteiger partial charge in [0.05, 0.1) is 0 Å². The average molecular weight is 336 g/mol. The second-order valence-corrected chi connectivity index (χ2v) is 6.84. The highest BCUT2D eigenvalue weighted by Crippen LogP contribution is 2.47. The molecule has 0 heterocycles. The van der Waals surface area contributed by atoms with Gasteiger partial charge in [-0.3, -0.25) is 9.59 Å². The molecule has 2 aromatic carbocycles. The molecule has 0 atom stereocenters. The minimum absolute atomic E-state index is 0.224. The number of amides is 2. The van der Waals surface area contributed by atoms with Gasteiger partial charge in [-0.05, 0) is 74.1 Å². The Balaban J connectivity index is 1.68. The summed E-state index contributed by atoms with van der Waals surface area (Å²) in [5.74, 6) is -0.448. The molecule has 0 spiro atoms. The maximum absolute atomic E-state index is 12.7. The molecule has 1 aliphatic rings. The van der Waals surface area contributed by atoms with E-state index in [1.54, 1.807) is 0 Å². The van der Waals surface area contributed by atoms with Crippen molar-refractivity contribution in [2.45, 2.75) is 40.0 Å². The van der Waals surface area contributed by atoms with Crippen molar-refractivity contribution in [3.63, 3.8) is 0 Å². The Morgan fingerprint density at radius 3 is 1.96 bits per heavy atom. The van der Waals surface area contributed by atoms with Crippen molar-refractivity contribution in [2.24, 2.45) is 5.41 Å². The van der Waals surface area contributed by atoms with Crippen molar-refractivity contribution in [1.82, 2.24) is 0 Å². The van der Waals surface area contributed by atoms with Crippen LogP contribution in [0.4, 0.5) is 11.4 Å². The van der Waals surface area contributed by atoms with Crippen LogP contribution in [0.1, 0.15) is 36.5 Å². The fourth-order valence-corrected chi connectivity index (χ4v) is 2.83. The molecule has 3 rings (SSSR count). The second kappa shape index (κ2) is 6.71. The molecule has 1 saturated carbocycles. The molecule has 0 aliphatic heterocycles. The van der Waals surface area contributed by atoms with Crippen molar-refractivity contribution in [2.75, 3.05) is 10.6 Å². The van der Waals surface area contributed by atoms with E-state index in [4.69, 9.17) is 0 Å². The quantitative estimate of drug-likeness (QED) is 0.803. The molecule has 2 aromatic rings. The summed E-state index contributed by atoms with van der Waals surface area (Å²) in [6.45, 7) is 6.12. The fraction of sp³-hybridized carbons (Fsp3) is 0.333. The van der Waals surface area contributed by atoms with Crippen molar-refractivity contribution in [1.29, 1.82) is 0 Å². The Bertz CT molecular complexity index is 805. The number of nitrogens with one attached hydrogen (secondary N) is 2. The normalized spacial score (nSPS) is 14.7. The highest BCUT2D eigenvalue weighted by Gasteiger charge is 2.56. The predicted molar refractivity (Wildman–Crippen MR) is 101 cm³/mol. The molecule has 130 valence electrons. The van der Waals surface area contributed by atoms with Crippen molar-refractivity contribution < 1.29 is 9.59 Å². The van der Waals surface area contributed by atoms with Crippen LogP contribution in [0.15, 0.2) is 42.5 Å². The van der Waals surface area contributed by atoms with Crippen LogP contribution >= 0.6 is 0 Å². The van der Waals surface area contributed by atoms with E-state index >= 15 is 0 Å². The SMILES string of the molecule is CCc1ccc(NC(=O)C2(C(=O)Nc3ccc(C)c(C)c3)CC2)cc1. The van der Waals surface area contributed by atoms with Gasteiger partial charge in [0, 0.05) is 11.4 Å². The van der Waals surface area contributed by atoms with Crippen LogP contribution in [-0.2, 0) is 16.0 Å². The van der Waals surface area contributed by atoms with Crippen molar-refractivity contribution in [3.05, 3.63) is 59.2 Å². The van der Waals surface area contributed by atoms with Crippen LogP contribution in [0.3, 0.4) is 0 Å². The maximum Gasteiger partial charge on any atom is 0.240 e. The highest BCUT2D eigenvalue weighted by molar-refractivity contribution is 6.16. The molecular formula is C21H24N2O2. The van der Waals surface area contributed by atoms with Crippen LogP contribution in [-0.4, -0.2) is 11.8 Å². The molecule has 0 unspecified atom stereocenters. The third-order valence-electron chi connectivity index (χ3n) is 5.00. The molecule has 0 bridgehead atoms. The van der Waals surface area contributed by atoms with Gasteiger partial charge in [-0.1, -0.05) is 25.1 Å². The molecular weight excluding hydrogens is 312 g/mol. The Morgan fingerprint density at radius 2 is 1.44 bits per heavy atom. The number of benzene rings is 2. The summed E-state index contributed by atoms with van der Waals surface area (Å²) < 4.78 is 0. The zero-order valence-corrected chi connectivity index (χ0v) is 15.0. The van der Waals surface area contributed by atoms with Crippen LogP contribution in [0.2, 0.25) is 0 Å². The van der Waals surface area contributed by atoms with E-state index in [1.807, 2.05) is 56.3 Å². The van der Waals surface area contributed by atoms with Crippen molar-refractivity contribution >= 4 is 23.2 Å². The summed E-state index contributed by atoms with van der Waals surface area (Å²) in [6.07, 6.45) is 2.13. The van der Waals surface area contributed by atoms with E-state index in [9.17, 15) is 9.59 Å². The van der Waals surface area contributed by atoms with Gasteiger partial charge < -0.3 is 10.6 Å². The summed E-state index contributed by atoms with van der Waals surface area (Å²) in [6, 6.07) is 13.5. The van der Waals surface area contributed by atoms with Gasteiger partial charge >= 0.3 is 0 Å². The van der Waals surface area contributed by atoms with E-state index in [0.717, 1.165) is 23.4 Å². The zero-order valence-electron chi connectivity index (χ0n) is 15.0. The van der Waals surface area contributed by atoms with Crippen LogP contribution in [0.25, 0.3) is 0 Å². The number of aryl methyl sites for hydroxylation is 3. The molecule has 4 nitrogen and oxygen atoms in total. The topological polar surface area (TPSA) is 58.2 Å². The summed E-state index contributed by atoms with van der Waals surface area (Å²) in [5, 5.41) is 5.78. The Hall–Kier alpha value is -2.62. The summed E-state index contributed by atoms with van der Waals surface area (Å²) in [7, 11) is 0. The minimum Gasteiger partial charge on any atom is -0.325 e. The highest BCUT2D eigenvalue weighted by atomic mass is 16.2. The molecule has 25 heavy (non-hydrogen) atoms. The molecule has 0 aromatic heterocycles. The van der Waals surface area contributed by atoms with Gasteiger partial charge in [0.1, 0.15) is 5.41 Å². The largest absolute Gasteiger partial charge is 0.325 e. The van der Waals surface area contributed by atoms with Gasteiger partial charge in [-0.25, -0.2) is 0 Å². The van der Waals surface area contributed by atoms with Crippen LogP contribution in [0.5, 0.6) is 0 Å². The lowest BCUT2D eigenvalue weighted by Crippen LogP contribution is -2.35. The fourth-order valence-electron chi connectivity index (χ4n) is 2.83. The Kier molecular flexibility index (Phi) is 4.62. The lowest BCUT2D eigenvalue weighted by atomic mass is 10.0. The maximum atomic E-state index is 12.7.